The molecule has 0 aromatic carbocycles. The SMILES string of the molecule is C[Si](C)(C1CCCC1)[Si](C)(C)C1CCC2CCCCC21. The summed E-state index contributed by atoms with van der Waals surface area (Å²) in [7, 11) is -2.03. The van der Waals surface area contributed by atoms with Crippen LogP contribution in [0.2, 0.25) is 37.3 Å². The van der Waals surface area contributed by atoms with Crippen LogP contribution in [0.25, 0.3) is 0 Å². The van der Waals surface area contributed by atoms with Crippen molar-refractivity contribution in [3.05, 3.63) is 0 Å². The fraction of sp³-hybridized carbons (Fsp3) is 1.00. The summed E-state index contributed by atoms with van der Waals surface area (Å²) >= 11 is 0. The van der Waals surface area contributed by atoms with Gasteiger partial charge in [-0.25, -0.2) is 0 Å². The fourth-order valence-electron chi connectivity index (χ4n) is 6.28. The molecule has 0 bridgehead atoms. The summed E-state index contributed by atoms with van der Waals surface area (Å²) in [6.07, 6.45) is 15.8. The maximum Gasteiger partial charge on any atom is 0.0448 e. The number of fused-ring (bicyclic) bond motifs is 1. The lowest BCUT2D eigenvalue weighted by atomic mass is 9.82. The molecule has 3 aliphatic carbocycles. The molecule has 116 valence electrons. The molecule has 0 aromatic heterocycles. The van der Waals surface area contributed by atoms with Crippen molar-refractivity contribution in [3.8, 4) is 0 Å². The first kappa shape index (κ1) is 15.3. The molecule has 0 nitrogen and oxygen atoms in total. The van der Waals surface area contributed by atoms with Gasteiger partial charge in [0.25, 0.3) is 0 Å². The first-order chi connectivity index (χ1) is 9.44. The topological polar surface area (TPSA) is 0 Å². The lowest BCUT2D eigenvalue weighted by molar-refractivity contribution is 0.275. The molecular weight excluding hydrogens is 272 g/mol. The molecule has 0 saturated heterocycles. The highest BCUT2D eigenvalue weighted by molar-refractivity contribution is 7.41. The Morgan fingerprint density at radius 2 is 1.20 bits per heavy atom. The van der Waals surface area contributed by atoms with E-state index in [2.05, 4.69) is 26.2 Å². The Kier molecular flexibility index (Phi) is 4.27. The third kappa shape index (κ3) is 2.39. The average Bonchev–Trinajstić information content (AvgIpc) is 3.08. The summed E-state index contributed by atoms with van der Waals surface area (Å²) in [5, 5.41) is 0. The van der Waals surface area contributed by atoms with E-state index in [4.69, 9.17) is 0 Å². The van der Waals surface area contributed by atoms with E-state index in [9.17, 15) is 0 Å². The standard InChI is InChI=1S/C18H36Si2/c1-19(2,16-10-6-7-11-16)20(3,4)18-14-13-15-9-5-8-12-17(15)18/h15-18H,5-14H2,1-4H3. The highest BCUT2D eigenvalue weighted by atomic mass is 29.3. The van der Waals surface area contributed by atoms with Crippen LogP contribution in [0.5, 0.6) is 0 Å². The second-order valence-electron chi connectivity index (χ2n) is 9.32. The Labute approximate surface area is 128 Å². The molecule has 3 unspecified atom stereocenters. The lowest BCUT2D eigenvalue weighted by Gasteiger charge is -2.49. The van der Waals surface area contributed by atoms with E-state index < -0.39 is 15.2 Å². The smallest absolute Gasteiger partial charge is 0.0448 e. The van der Waals surface area contributed by atoms with Crippen LogP contribution in [-0.4, -0.2) is 15.2 Å². The van der Waals surface area contributed by atoms with Crippen molar-refractivity contribution >= 4 is 15.2 Å². The predicted molar refractivity (Wildman–Crippen MR) is 95.6 cm³/mol. The first-order valence-corrected chi connectivity index (χ1v) is 16.6. The second-order valence-corrected chi connectivity index (χ2v) is 25.5. The quantitative estimate of drug-likeness (QED) is 0.529. The summed E-state index contributed by atoms with van der Waals surface area (Å²) in [5.41, 5.74) is 2.39. The molecule has 0 heterocycles. The van der Waals surface area contributed by atoms with Crippen LogP contribution in [-0.2, 0) is 0 Å². The molecule has 20 heavy (non-hydrogen) atoms. The summed E-state index contributed by atoms with van der Waals surface area (Å²) < 4.78 is 0. The first-order valence-electron chi connectivity index (χ1n) is 9.44. The zero-order valence-corrected chi connectivity index (χ0v) is 16.4. The van der Waals surface area contributed by atoms with Crippen LogP contribution in [0.4, 0.5) is 0 Å². The highest BCUT2D eigenvalue weighted by Gasteiger charge is 2.55. The highest BCUT2D eigenvalue weighted by Crippen LogP contribution is 2.57. The van der Waals surface area contributed by atoms with Gasteiger partial charge in [0.15, 0.2) is 0 Å². The summed E-state index contributed by atoms with van der Waals surface area (Å²) in [6, 6.07) is 0. The number of hydrogen-bond acceptors (Lipinski definition) is 0. The van der Waals surface area contributed by atoms with Crippen molar-refractivity contribution in [2.45, 2.75) is 101 Å². The minimum Gasteiger partial charge on any atom is -0.0711 e. The second kappa shape index (κ2) is 5.57. The lowest BCUT2D eigenvalue weighted by Crippen LogP contribution is -2.60. The van der Waals surface area contributed by atoms with Crippen LogP contribution >= 0.6 is 0 Å². The van der Waals surface area contributed by atoms with Crippen LogP contribution < -0.4 is 0 Å². The van der Waals surface area contributed by atoms with Crippen molar-refractivity contribution in [2.24, 2.45) is 11.8 Å². The molecule has 0 aliphatic heterocycles. The molecule has 3 saturated carbocycles. The van der Waals surface area contributed by atoms with Crippen molar-refractivity contribution in [1.29, 1.82) is 0 Å². The van der Waals surface area contributed by atoms with Crippen LogP contribution in [0.1, 0.15) is 64.2 Å². The van der Waals surface area contributed by atoms with E-state index in [1.165, 1.54) is 17.0 Å². The third-order valence-corrected chi connectivity index (χ3v) is 29.1. The Hall–Kier alpha value is 0.434. The Bertz CT molecular complexity index is 341. The molecular formula is C18H36Si2. The van der Waals surface area contributed by atoms with Crippen molar-refractivity contribution in [2.75, 3.05) is 0 Å². The van der Waals surface area contributed by atoms with Crippen molar-refractivity contribution in [3.63, 3.8) is 0 Å². The molecule has 0 spiro atoms. The molecule has 0 N–H and O–H groups in total. The van der Waals surface area contributed by atoms with E-state index in [0.29, 0.717) is 0 Å². The number of hydrogen-bond donors (Lipinski definition) is 0. The van der Waals surface area contributed by atoms with Gasteiger partial charge in [0.2, 0.25) is 0 Å². The van der Waals surface area contributed by atoms with E-state index >= 15 is 0 Å². The van der Waals surface area contributed by atoms with Crippen molar-refractivity contribution in [1.82, 2.24) is 0 Å². The largest absolute Gasteiger partial charge is 0.0711 e. The molecule has 3 fully saturated rings. The van der Waals surface area contributed by atoms with Gasteiger partial charge in [0.1, 0.15) is 0 Å². The van der Waals surface area contributed by atoms with E-state index in [1.807, 2.05) is 0 Å². The average molecular weight is 309 g/mol. The van der Waals surface area contributed by atoms with Gasteiger partial charge in [-0.1, -0.05) is 90.4 Å². The van der Waals surface area contributed by atoms with Gasteiger partial charge in [0, 0.05) is 15.2 Å². The van der Waals surface area contributed by atoms with Crippen molar-refractivity contribution < 1.29 is 0 Å². The summed E-state index contributed by atoms with van der Waals surface area (Å²) in [4.78, 5) is 0. The molecule has 3 aliphatic rings. The van der Waals surface area contributed by atoms with Gasteiger partial charge in [-0.2, -0.15) is 0 Å². The zero-order chi connectivity index (χ0) is 14.4. The molecule has 2 heteroatoms. The van der Waals surface area contributed by atoms with Gasteiger partial charge in [-0.3, -0.25) is 0 Å². The minimum absolute atomic E-state index is 1.00. The van der Waals surface area contributed by atoms with Gasteiger partial charge in [-0.15, -0.1) is 0 Å². The maximum atomic E-state index is 2.83. The predicted octanol–water partition coefficient (Wildman–Crippen LogP) is 6.40. The molecule has 0 amide bonds. The Balaban J connectivity index is 1.79. The maximum absolute atomic E-state index is 2.83. The van der Waals surface area contributed by atoms with Crippen LogP contribution in [0, 0.1) is 11.8 Å². The third-order valence-electron chi connectivity index (χ3n) is 8.30. The van der Waals surface area contributed by atoms with Crippen LogP contribution in [0.15, 0.2) is 0 Å². The fourth-order valence-corrected chi connectivity index (χ4v) is 20.5. The summed E-state index contributed by atoms with van der Waals surface area (Å²) in [5.74, 6) is 2.31. The van der Waals surface area contributed by atoms with Gasteiger partial charge in [0.05, 0.1) is 0 Å². The normalized spacial score (nSPS) is 36.3. The number of rotatable bonds is 3. The molecule has 3 atom stereocenters. The Morgan fingerprint density at radius 1 is 0.600 bits per heavy atom. The minimum atomic E-state index is -1.03. The monoisotopic (exact) mass is 308 g/mol. The zero-order valence-electron chi connectivity index (χ0n) is 14.4. The summed E-state index contributed by atoms with van der Waals surface area (Å²) in [6.45, 7) is 11.3. The molecule has 3 rings (SSSR count). The molecule has 0 aromatic rings. The van der Waals surface area contributed by atoms with E-state index in [0.717, 1.165) is 5.92 Å². The van der Waals surface area contributed by atoms with E-state index in [-0.39, 0.29) is 0 Å². The van der Waals surface area contributed by atoms with Gasteiger partial charge in [-0.05, 0) is 22.9 Å². The van der Waals surface area contributed by atoms with Gasteiger partial charge >= 0.3 is 0 Å². The van der Waals surface area contributed by atoms with Crippen LogP contribution in [0.3, 0.4) is 0 Å². The van der Waals surface area contributed by atoms with Gasteiger partial charge < -0.3 is 0 Å². The Morgan fingerprint density at radius 3 is 1.90 bits per heavy atom. The molecule has 0 radical (unpaired) electrons. The van der Waals surface area contributed by atoms with E-state index in [1.54, 1.807) is 64.2 Å².